The fourth-order valence-corrected chi connectivity index (χ4v) is 3.98. The average molecular weight is 479 g/mol. The van der Waals surface area contributed by atoms with Crippen LogP contribution in [0.4, 0.5) is 0 Å². The van der Waals surface area contributed by atoms with Gasteiger partial charge >= 0.3 is 11.9 Å². The summed E-state index contributed by atoms with van der Waals surface area (Å²) in [7, 11) is 2.82. The van der Waals surface area contributed by atoms with Gasteiger partial charge in [0, 0.05) is 24.3 Å². The van der Waals surface area contributed by atoms with Gasteiger partial charge in [-0.05, 0) is 52.5 Å². The van der Waals surface area contributed by atoms with Gasteiger partial charge in [-0.3, -0.25) is 9.59 Å². The number of aliphatic hydroxyl groups excluding tert-OH is 1. The molecule has 2 N–H and O–H groups in total. The molecule has 0 radical (unpaired) electrons. The van der Waals surface area contributed by atoms with Crippen molar-refractivity contribution in [1.29, 1.82) is 0 Å². The summed E-state index contributed by atoms with van der Waals surface area (Å²) in [6.07, 6.45) is 6.30. The van der Waals surface area contributed by atoms with E-state index in [0.717, 1.165) is 24.0 Å². The molecule has 0 spiro atoms. The minimum atomic E-state index is -1.04. The molecule has 1 rings (SSSR count). The zero-order valence-electron chi connectivity index (χ0n) is 21.2. The first-order valence-corrected chi connectivity index (χ1v) is 11.4. The summed E-state index contributed by atoms with van der Waals surface area (Å²) in [5, 5.41) is 18.9. The standard InChI is InChI=1S/C26H38O8/c1-15(9-8-10-16(2)13-20(28)14-17(3)26(30)31)11-12-21-18(4)22(29)24(32-6)25(33-7)23(21)34-19(5)27/h10-11,14,18,20-21,23,28H,8-9,12-13H2,1-7H3,(H,30,31)/t18-,20+,21-,23-/m1/s1. The minimum Gasteiger partial charge on any atom is -0.493 e. The van der Waals surface area contributed by atoms with E-state index in [0.29, 0.717) is 12.8 Å². The van der Waals surface area contributed by atoms with Crippen LogP contribution in [0.1, 0.15) is 60.3 Å². The summed E-state index contributed by atoms with van der Waals surface area (Å²) < 4.78 is 16.2. The Balaban J connectivity index is 2.84. The molecule has 0 saturated carbocycles. The molecule has 0 fully saturated rings. The molecule has 0 aromatic rings. The van der Waals surface area contributed by atoms with Crippen LogP contribution in [-0.2, 0) is 28.6 Å². The molecule has 8 heteroatoms. The summed E-state index contributed by atoms with van der Waals surface area (Å²) in [6, 6.07) is 0. The van der Waals surface area contributed by atoms with Gasteiger partial charge in [-0.15, -0.1) is 0 Å². The highest BCUT2D eigenvalue weighted by Gasteiger charge is 2.44. The Hall–Kier alpha value is -2.87. The maximum atomic E-state index is 12.8. The van der Waals surface area contributed by atoms with Crippen molar-refractivity contribution in [3.63, 3.8) is 0 Å². The Labute approximate surface area is 202 Å². The highest BCUT2D eigenvalue weighted by atomic mass is 16.6. The molecule has 8 nitrogen and oxygen atoms in total. The molecule has 0 unspecified atom stereocenters. The first-order valence-electron chi connectivity index (χ1n) is 11.4. The molecule has 4 atom stereocenters. The molecule has 0 aromatic carbocycles. The largest absolute Gasteiger partial charge is 0.493 e. The number of ketones is 1. The van der Waals surface area contributed by atoms with Crippen LogP contribution in [0, 0.1) is 11.8 Å². The van der Waals surface area contributed by atoms with Crippen LogP contribution in [0.15, 0.2) is 46.5 Å². The molecule has 0 amide bonds. The first-order chi connectivity index (χ1) is 15.9. The molecule has 0 aromatic heterocycles. The highest BCUT2D eigenvalue weighted by Crippen LogP contribution is 2.37. The maximum Gasteiger partial charge on any atom is 0.331 e. The van der Waals surface area contributed by atoms with Gasteiger partial charge in [-0.25, -0.2) is 4.79 Å². The number of hydrogen-bond donors (Lipinski definition) is 2. The van der Waals surface area contributed by atoms with Gasteiger partial charge in [0.05, 0.1) is 20.3 Å². The lowest BCUT2D eigenvalue weighted by molar-refractivity contribution is -0.153. The number of ether oxygens (including phenoxy) is 3. The molecule has 0 saturated heterocycles. The SMILES string of the molecule is COC1=C(OC)[C@H](OC(C)=O)[C@H](CC=C(C)CCC=C(C)C[C@H](O)C=C(C)C(=O)O)[C@@H](C)C1=O. The van der Waals surface area contributed by atoms with Gasteiger partial charge in [0.15, 0.2) is 11.9 Å². The summed E-state index contributed by atoms with van der Waals surface area (Å²) in [6.45, 7) is 8.48. The van der Waals surface area contributed by atoms with Crippen molar-refractivity contribution in [3.05, 3.63) is 46.5 Å². The van der Waals surface area contributed by atoms with Gasteiger partial charge in [-0.1, -0.05) is 30.2 Å². The van der Waals surface area contributed by atoms with Crippen LogP contribution in [0.3, 0.4) is 0 Å². The predicted molar refractivity (Wildman–Crippen MR) is 128 cm³/mol. The number of esters is 1. The van der Waals surface area contributed by atoms with Gasteiger partial charge in [-0.2, -0.15) is 0 Å². The topological polar surface area (TPSA) is 119 Å². The Morgan fingerprint density at radius 1 is 1.06 bits per heavy atom. The zero-order valence-corrected chi connectivity index (χ0v) is 21.2. The maximum absolute atomic E-state index is 12.8. The summed E-state index contributed by atoms with van der Waals surface area (Å²) >= 11 is 0. The molecular formula is C26H38O8. The number of allylic oxidation sites excluding steroid dienone is 4. The molecule has 1 aliphatic rings. The molecule has 0 bridgehead atoms. The number of carbonyl (C=O) groups excluding carboxylic acids is 2. The van der Waals surface area contributed by atoms with Crippen LogP contribution in [0.2, 0.25) is 0 Å². The van der Waals surface area contributed by atoms with Crippen LogP contribution < -0.4 is 0 Å². The van der Waals surface area contributed by atoms with E-state index >= 15 is 0 Å². The Kier molecular flexibility index (Phi) is 11.8. The Morgan fingerprint density at radius 2 is 1.71 bits per heavy atom. The molecule has 1 aliphatic carbocycles. The predicted octanol–water partition coefficient (Wildman–Crippen LogP) is 4.10. The van der Waals surface area contributed by atoms with E-state index < -0.39 is 30.1 Å². The van der Waals surface area contributed by atoms with Crippen LogP contribution in [0.5, 0.6) is 0 Å². The third kappa shape index (κ3) is 8.48. The fourth-order valence-electron chi connectivity index (χ4n) is 3.98. The number of methoxy groups -OCH3 is 2. The number of carboxylic acid groups (broad SMARTS) is 1. The second-order valence-corrected chi connectivity index (χ2v) is 8.75. The van der Waals surface area contributed by atoms with Crippen LogP contribution in [0.25, 0.3) is 0 Å². The molecular weight excluding hydrogens is 440 g/mol. The fraction of sp³-hybridized carbons (Fsp3) is 0.577. The molecule has 34 heavy (non-hydrogen) atoms. The summed E-state index contributed by atoms with van der Waals surface area (Å²) in [4.78, 5) is 35.3. The van der Waals surface area contributed by atoms with Gasteiger partial charge < -0.3 is 24.4 Å². The van der Waals surface area contributed by atoms with Crippen molar-refractivity contribution in [2.24, 2.45) is 11.8 Å². The lowest BCUT2D eigenvalue weighted by Crippen LogP contribution is -2.42. The number of carbonyl (C=O) groups is 3. The lowest BCUT2D eigenvalue weighted by atomic mass is 9.77. The van der Waals surface area contributed by atoms with Gasteiger partial charge in [0.2, 0.25) is 11.5 Å². The zero-order chi connectivity index (χ0) is 26.0. The number of rotatable bonds is 12. The van der Waals surface area contributed by atoms with Crippen LogP contribution >= 0.6 is 0 Å². The number of aliphatic carboxylic acids is 1. The number of aliphatic hydroxyl groups is 1. The molecule has 0 heterocycles. The van der Waals surface area contributed by atoms with Crippen molar-refractivity contribution in [1.82, 2.24) is 0 Å². The molecule has 0 aliphatic heterocycles. The summed E-state index contributed by atoms with van der Waals surface area (Å²) in [5.41, 5.74) is 2.21. The smallest absolute Gasteiger partial charge is 0.331 e. The average Bonchev–Trinajstić information content (AvgIpc) is 2.74. The monoisotopic (exact) mass is 478 g/mol. The number of Topliss-reactive ketones (excluding diaryl/α,β-unsaturated/α-hetero) is 1. The van der Waals surface area contributed by atoms with E-state index in [4.69, 9.17) is 19.3 Å². The quantitative estimate of drug-likeness (QED) is 0.244. The second-order valence-electron chi connectivity index (χ2n) is 8.75. The third-order valence-corrected chi connectivity index (χ3v) is 5.95. The second kappa shape index (κ2) is 13.7. The molecule has 190 valence electrons. The van der Waals surface area contributed by atoms with Crippen molar-refractivity contribution < 1.29 is 38.8 Å². The van der Waals surface area contributed by atoms with Crippen molar-refractivity contribution in [2.75, 3.05) is 14.2 Å². The van der Waals surface area contributed by atoms with E-state index in [9.17, 15) is 19.5 Å². The number of hydrogen-bond acceptors (Lipinski definition) is 7. The van der Waals surface area contributed by atoms with E-state index in [2.05, 4.69) is 0 Å². The van der Waals surface area contributed by atoms with Gasteiger partial charge in [0.25, 0.3) is 0 Å². The van der Waals surface area contributed by atoms with E-state index in [1.165, 1.54) is 34.1 Å². The van der Waals surface area contributed by atoms with E-state index in [1.807, 2.05) is 26.0 Å². The minimum absolute atomic E-state index is 0.0920. The van der Waals surface area contributed by atoms with Crippen molar-refractivity contribution in [2.45, 2.75) is 72.5 Å². The van der Waals surface area contributed by atoms with Crippen molar-refractivity contribution >= 4 is 17.7 Å². The first kappa shape index (κ1) is 29.2. The highest BCUT2D eigenvalue weighted by molar-refractivity contribution is 5.97. The van der Waals surface area contributed by atoms with Gasteiger partial charge in [0.1, 0.15) is 0 Å². The normalized spacial score (nSPS) is 23.0. The van der Waals surface area contributed by atoms with Crippen molar-refractivity contribution in [3.8, 4) is 0 Å². The third-order valence-electron chi connectivity index (χ3n) is 5.95. The number of carboxylic acids is 1. The van der Waals surface area contributed by atoms with E-state index in [1.54, 1.807) is 6.92 Å². The van der Waals surface area contributed by atoms with E-state index in [-0.39, 0.29) is 28.8 Å². The van der Waals surface area contributed by atoms with Crippen LogP contribution in [-0.4, -0.2) is 54.4 Å². The Morgan fingerprint density at radius 3 is 2.24 bits per heavy atom. The Bertz CT molecular complexity index is 877. The lowest BCUT2D eigenvalue weighted by Gasteiger charge is -2.35. The summed E-state index contributed by atoms with van der Waals surface area (Å²) in [5.74, 6) is -2.04.